The molecule has 0 bridgehead atoms. The minimum absolute atomic E-state index is 0.116. The van der Waals surface area contributed by atoms with Crippen molar-refractivity contribution in [3.8, 4) is 0 Å². The highest BCUT2D eigenvalue weighted by atomic mass is 35.5. The van der Waals surface area contributed by atoms with Crippen LogP contribution >= 0.6 is 11.6 Å². The number of benzene rings is 1. The number of hydrogen-bond donors (Lipinski definition) is 0. The number of hydrogen-bond acceptors (Lipinski definition) is 2. The number of aryl methyl sites for hydroxylation is 1. The van der Waals surface area contributed by atoms with Crippen molar-refractivity contribution in [1.29, 1.82) is 0 Å². The second-order valence-corrected chi connectivity index (χ2v) is 4.24. The Morgan fingerprint density at radius 3 is 2.56 bits per heavy atom. The minimum atomic E-state index is -0.310. The Labute approximate surface area is 98.4 Å². The molecule has 1 heterocycles. The molecule has 1 aromatic rings. The Morgan fingerprint density at radius 2 is 2.00 bits per heavy atom. The minimum Gasteiger partial charge on any atom is -0.318 e. The van der Waals surface area contributed by atoms with Crippen molar-refractivity contribution in [1.82, 2.24) is 4.90 Å². The van der Waals surface area contributed by atoms with E-state index in [1.807, 2.05) is 6.92 Å². The molecule has 0 radical (unpaired) electrons. The van der Waals surface area contributed by atoms with Gasteiger partial charge in [-0.15, -0.1) is 0 Å². The number of imide groups is 1. The summed E-state index contributed by atoms with van der Waals surface area (Å²) in [5.74, 6) is -0.224. The fraction of sp³-hybridized carbons (Fsp3) is 0.273. The van der Waals surface area contributed by atoms with Crippen LogP contribution in [0.4, 0.5) is 10.5 Å². The second-order valence-electron chi connectivity index (χ2n) is 3.80. The molecule has 0 atom stereocenters. The van der Waals surface area contributed by atoms with E-state index in [9.17, 15) is 9.59 Å². The van der Waals surface area contributed by atoms with Crippen LogP contribution in [0.1, 0.15) is 5.56 Å². The van der Waals surface area contributed by atoms with Crippen LogP contribution in [-0.4, -0.2) is 30.4 Å². The van der Waals surface area contributed by atoms with Crippen LogP contribution in [0.25, 0.3) is 0 Å². The average molecular weight is 239 g/mol. The topological polar surface area (TPSA) is 40.6 Å². The number of amides is 3. The highest BCUT2D eigenvalue weighted by molar-refractivity contribution is 6.31. The lowest BCUT2D eigenvalue weighted by atomic mass is 10.2. The number of carbonyl (C=O) groups excluding carboxylic acids is 2. The zero-order valence-corrected chi connectivity index (χ0v) is 9.78. The van der Waals surface area contributed by atoms with Gasteiger partial charge in [-0.05, 0) is 24.6 Å². The Bertz CT molecular complexity index is 473. The van der Waals surface area contributed by atoms with E-state index in [1.54, 1.807) is 25.2 Å². The van der Waals surface area contributed by atoms with Gasteiger partial charge in [-0.3, -0.25) is 4.79 Å². The molecular weight excluding hydrogens is 228 g/mol. The van der Waals surface area contributed by atoms with Crippen molar-refractivity contribution < 1.29 is 9.59 Å². The van der Waals surface area contributed by atoms with Gasteiger partial charge >= 0.3 is 6.03 Å². The molecule has 4 nitrogen and oxygen atoms in total. The Morgan fingerprint density at radius 1 is 1.31 bits per heavy atom. The van der Waals surface area contributed by atoms with Gasteiger partial charge in [0.25, 0.3) is 5.91 Å². The highest BCUT2D eigenvalue weighted by Gasteiger charge is 2.35. The number of urea groups is 1. The third-order valence-corrected chi connectivity index (χ3v) is 2.79. The van der Waals surface area contributed by atoms with Crippen molar-refractivity contribution in [2.45, 2.75) is 6.92 Å². The quantitative estimate of drug-likeness (QED) is 0.703. The van der Waals surface area contributed by atoms with Crippen molar-refractivity contribution >= 4 is 29.2 Å². The van der Waals surface area contributed by atoms with Crippen LogP contribution in [0.5, 0.6) is 0 Å². The summed E-state index contributed by atoms with van der Waals surface area (Å²) in [5, 5.41) is 0.510. The summed E-state index contributed by atoms with van der Waals surface area (Å²) >= 11 is 5.86. The maximum absolute atomic E-state index is 11.8. The Hall–Kier alpha value is -1.55. The molecule has 5 heteroatoms. The first-order valence-electron chi connectivity index (χ1n) is 4.85. The molecule has 0 spiro atoms. The number of nitrogens with zero attached hydrogens (tertiary/aromatic N) is 2. The Balaban J connectivity index is 2.48. The number of halogens is 1. The van der Waals surface area contributed by atoms with Gasteiger partial charge in [0.1, 0.15) is 6.54 Å². The molecule has 3 amide bonds. The molecule has 0 N–H and O–H groups in total. The summed E-state index contributed by atoms with van der Waals surface area (Å²) in [4.78, 5) is 26.0. The van der Waals surface area contributed by atoms with Crippen LogP contribution in [0, 0.1) is 6.92 Å². The van der Waals surface area contributed by atoms with Gasteiger partial charge in [-0.1, -0.05) is 17.7 Å². The number of anilines is 1. The number of carbonyl (C=O) groups is 2. The third kappa shape index (κ3) is 1.65. The van der Waals surface area contributed by atoms with E-state index in [2.05, 4.69) is 0 Å². The van der Waals surface area contributed by atoms with Gasteiger partial charge in [0.05, 0.1) is 5.69 Å². The number of rotatable bonds is 1. The molecule has 0 saturated carbocycles. The van der Waals surface area contributed by atoms with E-state index < -0.39 is 0 Å². The van der Waals surface area contributed by atoms with Gasteiger partial charge in [0.15, 0.2) is 0 Å². The molecule has 2 rings (SSSR count). The summed E-state index contributed by atoms with van der Waals surface area (Å²) in [6, 6.07) is 4.84. The summed E-state index contributed by atoms with van der Waals surface area (Å²) in [6.45, 7) is 1.95. The zero-order valence-electron chi connectivity index (χ0n) is 9.03. The van der Waals surface area contributed by atoms with Crippen molar-refractivity contribution in [2.24, 2.45) is 0 Å². The normalized spacial score (nSPS) is 16.2. The van der Waals surface area contributed by atoms with Crippen LogP contribution in [0.2, 0.25) is 5.02 Å². The van der Waals surface area contributed by atoms with E-state index in [0.29, 0.717) is 10.7 Å². The van der Waals surface area contributed by atoms with Crippen molar-refractivity contribution in [2.75, 3.05) is 18.5 Å². The Kier molecular flexibility index (Phi) is 2.59. The predicted molar refractivity (Wildman–Crippen MR) is 61.7 cm³/mol. The van der Waals surface area contributed by atoms with E-state index in [-0.39, 0.29) is 18.5 Å². The first-order valence-corrected chi connectivity index (χ1v) is 5.22. The highest BCUT2D eigenvalue weighted by Crippen LogP contribution is 2.27. The largest absolute Gasteiger partial charge is 0.331 e. The van der Waals surface area contributed by atoms with Gasteiger partial charge < -0.3 is 4.90 Å². The second kappa shape index (κ2) is 3.79. The van der Waals surface area contributed by atoms with Crippen LogP contribution < -0.4 is 4.90 Å². The van der Waals surface area contributed by atoms with Gasteiger partial charge in [0, 0.05) is 12.1 Å². The fourth-order valence-electron chi connectivity index (χ4n) is 1.68. The molecule has 1 aliphatic rings. The molecule has 1 fully saturated rings. The van der Waals surface area contributed by atoms with E-state index in [0.717, 1.165) is 5.56 Å². The molecule has 1 saturated heterocycles. The lowest BCUT2D eigenvalue weighted by molar-refractivity contribution is -0.116. The van der Waals surface area contributed by atoms with Gasteiger partial charge in [-0.25, -0.2) is 9.69 Å². The molecule has 0 aliphatic carbocycles. The van der Waals surface area contributed by atoms with Crippen LogP contribution in [0.3, 0.4) is 0 Å². The smallest absolute Gasteiger partial charge is 0.318 e. The summed E-state index contributed by atoms with van der Waals surface area (Å²) in [7, 11) is 1.60. The average Bonchev–Trinajstić information content (AvgIpc) is 2.46. The maximum atomic E-state index is 11.8. The van der Waals surface area contributed by atoms with Gasteiger partial charge in [-0.2, -0.15) is 0 Å². The lowest BCUT2D eigenvalue weighted by Gasteiger charge is -2.16. The molecular formula is C11H11ClN2O2. The third-order valence-electron chi connectivity index (χ3n) is 2.55. The summed E-state index contributed by atoms with van der Waals surface area (Å²) in [6.07, 6.45) is 0. The van der Waals surface area contributed by atoms with Gasteiger partial charge in [0.2, 0.25) is 0 Å². The fourth-order valence-corrected chi connectivity index (χ4v) is 1.85. The van der Waals surface area contributed by atoms with Crippen molar-refractivity contribution in [3.63, 3.8) is 0 Å². The molecule has 1 aromatic carbocycles. The SMILES string of the molecule is Cc1ccc(Cl)cc1N1C(=O)CN(C)C1=O. The van der Waals surface area contributed by atoms with E-state index in [1.165, 1.54) is 9.80 Å². The van der Waals surface area contributed by atoms with E-state index >= 15 is 0 Å². The zero-order chi connectivity index (χ0) is 11.9. The first kappa shape index (κ1) is 11.0. The predicted octanol–water partition coefficient (Wildman–Crippen LogP) is 2.05. The molecule has 16 heavy (non-hydrogen) atoms. The first-order chi connectivity index (χ1) is 7.50. The van der Waals surface area contributed by atoms with E-state index in [4.69, 9.17) is 11.6 Å². The van der Waals surface area contributed by atoms with Crippen LogP contribution in [0.15, 0.2) is 18.2 Å². The lowest BCUT2D eigenvalue weighted by Crippen LogP contribution is -2.31. The maximum Gasteiger partial charge on any atom is 0.331 e. The molecule has 0 unspecified atom stereocenters. The standard InChI is InChI=1S/C11H11ClN2O2/c1-7-3-4-8(12)5-9(7)14-10(15)6-13(2)11(14)16/h3-5H,6H2,1-2H3. The summed E-state index contributed by atoms with van der Waals surface area (Å²) < 4.78 is 0. The van der Waals surface area contributed by atoms with Crippen LogP contribution in [-0.2, 0) is 4.79 Å². The molecule has 84 valence electrons. The van der Waals surface area contributed by atoms with Crippen molar-refractivity contribution in [3.05, 3.63) is 28.8 Å². The molecule has 1 aliphatic heterocycles. The summed E-state index contributed by atoms with van der Waals surface area (Å²) in [5.41, 5.74) is 1.41. The number of likely N-dealkylation sites (N-methyl/N-ethyl adjacent to an activating group) is 1. The molecule has 0 aromatic heterocycles. The monoisotopic (exact) mass is 238 g/mol.